The minimum Gasteiger partial charge on any atom is -0.355 e. The van der Waals surface area contributed by atoms with Crippen molar-refractivity contribution < 1.29 is 0 Å². The van der Waals surface area contributed by atoms with E-state index in [1.807, 2.05) is 11.7 Å². The highest BCUT2D eigenvalue weighted by molar-refractivity contribution is 7.07. The third-order valence-corrected chi connectivity index (χ3v) is 4.42. The van der Waals surface area contributed by atoms with Crippen LogP contribution in [0.1, 0.15) is 43.8 Å². The largest absolute Gasteiger partial charge is 0.355 e. The summed E-state index contributed by atoms with van der Waals surface area (Å²) in [5, 5.41) is 5.55. The molecule has 0 amide bonds. The predicted octanol–water partition coefficient (Wildman–Crippen LogP) is 3.50. The van der Waals surface area contributed by atoms with Crippen molar-refractivity contribution in [2.45, 2.75) is 44.6 Å². The van der Waals surface area contributed by atoms with Crippen LogP contribution < -0.4 is 5.32 Å². The van der Waals surface area contributed by atoms with E-state index in [2.05, 4.69) is 31.4 Å². The summed E-state index contributed by atoms with van der Waals surface area (Å²) < 4.78 is 2.32. The molecule has 19 heavy (non-hydrogen) atoms. The fourth-order valence-electron chi connectivity index (χ4n) is 2.77. The average Bonchev–Trinajstić information content (AvgIpc) is 3.11. The van der Waals surface area contributed by atoms with Crippen molar-refractivity contribution in [3.63, 3.8) is 0 Å². The fraction of sp³-hybridized carbons (Fsp3) is 0.571. The van der Waals surface area contributed by atoms with E-state index < -0.39 is 0 Å². The van der Waals surface area contributed by atoms with Gasteiger partial charge in [0.05, 0.1) is 11.2 Å². The van der Waals surface area contributed by atoms with Gasteiger partial charge in [0.15, 0.2) is 0 Å². The van der Waals surface area contributed by atoms with Crippen LogP contribution in [0, 0.1) is 0 Å². The van der Waals surface area contributed by atoms with Gasteiger partial charge in [-0.05, 0) is 12.8 Å². The van der Waals surface area contributed by atoms with Crippen LogP contribution in [0.25, 0.3) is 0 Å². The molecule has 1 saturated carbocycles. The summed E-state index contributed by atoms with van der Waals surface area (Å²) in [6.45, 7) is 0.896. The first-order valence-corrected chi connectivity index (χ1v) is 8.01. The lowest BCUT2D eigenvalue weighted by atomic mass is 9.95. The summed E-state index contributed by atoms with van der Waals surface area (Å²) >= 11 is 1.65. The molecule has 0 saturated heterocycles. The second kappa shape index (κ2) is 6.19. The number of hydrogen-bond acceptors (Lipinski definition) is 4. The number of hydrogen-bond donors (Lipinski definition) is 1. The Kier molecular flexibility index (Phi) is 4.13. The maximum absolute atomic E-state index is 4.44. The Morgan fingerprint density at radius 3 is 2.95 bits per heavy atom. The molecule has 5 heteroatoms. The maximum Gasteiger partial charge on any atom is 0.203 e. The Morgan fingerprint density at radius 1 is 1.26 bits per heavy atom. The zero-order valence-corrected chi connectivity index (χ0v) is 11.9. The third kappa shape index (κ3) is 3.15. The van der Waals surface area contributed by atoms with Gasteiger partial charge in [0.1, 0.15) is 0 Å². The van der Waals surface area contributed by atoms with E-state index >= 15 is 0 Å². The molecule has 2 aromatic rings. The molecule has 1 aliphatic carbocycles. The number of imidazole rings is 1. The highest BCUT2D eigenvalue weighted by Gasteiger charge is 2.17. The van der Waals surface area contributed by atoms with Crippen molar-refractivity contribution in [2.24, 2.45) is 0 Å². The smallest absolute Gasteiger partial charge is 0.203 e. The van der Waals surface area contributed by atoms with Crippen molar-refractivity contribution in [1.29, 1.82) is 0 Å². The molecular weight excluding hydrogens is 256 g/mol. The summed E-state index contributed by atoms with van der Waals surface area (Å²) in [7, 11) is 0. The molecule has 1 N–H and O–H groups in total. The normalized spacial score (nSPS) is 16.6. The Morgan fingerprint density at radius 2 is 2.16 bits per heavy atom. The number of aromatic nitrogens is 3. The maximum atomic E-state index is 4.44. The number of nitrogens with zero attached hydrogens (tertiary/aromatic N) is 3. The molecule has 1 aliphatic rings. The molecule has 0 spiro atoms. The lowest BCUT2D eigenvalue weighted by Gasteiger charge is -2.24. The molecule has 102 valence electrons. The van der Waals surface area contributed by atoms with E-state index in [0.717, 1.165) is 24.6 Å². The van der Waals surface area contributed by atoms with Gasteiger partial charge < -0.3 is 9.88 Å². The molecule has 2 heterocycles. The zero-order valence-electron chi connectivity index (χ0n) is 11.1. The summed E-state index contributed by atoms with van der Waals surface area (Å²) in [5.74, 6) is 1.02. The van der Waals surface area contributed by atoms with Crippen molar-refractivity contribution >= 4 is 17.3 Å². The highest BCUT2D eigenvalue weighted by Crippen LogP contribution is 2.30. The summed E-state index contributed by atoms with van der Waals surface area (Å²) in [5.41, 5.74) is 3.05. The van der Waals surface area contributed by atoms with Gasteiger partial charge in [-0.25, -0.2) is 9.97 Å². The number of rotatable bonds is 5. The molecule has 0 aliphatic heterocycles. The molecule has 1 fully saturated rings. The van der Waals surface area contributed by atoms with Gasteiger partial charge in [-0.15, -0.1) is 11.3 Å². The SMILES string of the molecule is c1cn(C2CCCCC2)c(NCCc2cscn2)n1. The lowest BCUT2D eigenvalue weighted by molar-refractivity contribution is 0.356. The molecule has 3 rings (SSSR count). The van der Waals surface area contributed by atoms with Gasteiger partial charge in [0.2, 0.25) is 5.95 Å². The van der Waals surface area contributed by atoms with Crippen molar-refractivity contribution in [3.05, 3.63) is 29.0 Å². The van der Waals surface area contributed by atoms with Gasteiger partial charge in [0.25, 0.3) is 0 Å². The first kappa shape index (κ1) is 12.7. The highest BCUT2D eigenvalue weighted by atomic mass is 32.1. The van der Waals surface area contributed by atoms with E-state index in [9.17, 15) is 0 Å². The van der Waals surface area contributed by atoms with Crippen LogP contribution in [0.3, 0.4) is 0 Å². The van der Waals surface area contributed by atoms with Gasteiger partial charge in [-0.1, -0.05) is 19.3 Å². The van der Waals surface area contributed by atoms with Crippen LogP contribution in [-0.2, 0) is 6.42 Å². The van der Waals surface area contributed by atoms with E-state index in [0.29, 0.717) is 6.04 Å². The summed E-state index contributed by atoms with van der Waals surface area (Å²) in [6.07, 6.45) is 11.6. The molecule has 0 unspecified atom stereocenters. The standard InChI is InChI=1S/C14H20N4S/c1-2-4-13(5-3-1)18-9-8-16-14(18)15-7-6-12-10-19-11-17-12/h8-11,13H,1-7H2,(H,15,16). The Labute approximate surface area is 117 Å². The van der Waals surface area contributed by atoms with Crippen molar-refractivity contribution in [3.8, 4) is 0 Å². The zero-order chi connectivity index (χ0) is 12.9. The fourth-order valence-corrected chi connectivity index (χ4v) is 3.36. The van der Waals surface area contributed by atoms with Crippen LogP contribution in [-0.4, -0.2) is 21.1 Å². The molecule has 0 aromatic carbocycles. The predicted molar refractivity (Wildman–Crippen MR) is 78.7 cm³/mol. The van der Waals surface area contributed by atoms with Gasteiger partial charge in [0, 0.05) is 36.8 Å². The first-order chi connectivity index (χ1) is 9.43. The second-order valence-corrected chi connectivity index (χ2v) is 5.83. The molecule has 2 aromatic heterocycles. The van der Waals surface area contributed by atoms with E-state index in [-0.39, 0.29) is 0 Å². The first-order valence-electron chi connectivity index (χ1n) is 7.07. The van der Waals surface area contributed by atoms with Crippen LogP contribution in [0.2, 0.25) is 0 Å². The van der Waals surface area contributed by atoms with Crippen LogP contribution in [0.15, 0.2) is 23.3 Å². The third-order valence-electron chi connectivity index (χ3n) is 3.78. The second-order valence-electron chi connectivity index (χ2n) is 5.11. The van der Waals surface area contributed by atoms with E-state index in [4.69, 9.17) is 0 Å². The molecule has 0 atom stereocenters. The summed E-state index contributed by atoms with van der Waals surface area (Å²) in [6, 6.07) is 0.637. The van der Waals surface area contributed by atoms with Crippen LogP contribution in [0.4, 0.5) is 5.95 Å². The van der Waals surface area contributed by atoms with Gasteiger partial charge in [-0.3, -0.25) is 0 Å². The Balaban J connectivity index is 1.57. The lowest BCUT2D eigenvalue weighted by Crippen LogP contribution is -2.16. The molecule has 4 nitrogen and oxygen atoms in total. The number of anilines is 1. The van der Waals surface area contributed by atoms with Gasteiger partial charge in [-0.2, -0.15) is 0 Å². The van der Waals surface area contributed by atoms with Crippen LogP contribution in [0.5, 0.6) is 0 Å². The minimum atomic E-state index is 0.637. The van der Waals surface area contributed by atoms with E-state index in [1.165, 1.54) is 32.1 Å². The average molecular weight is 276 g/mol. The topological polar surface area (TPSA) is 42.7 Å². The quantitative estimate of drug-likeness (QED) is 0.909. The van der Waals surface area contributed by atoms with Gasteiger partial charge >= 0.3 is 0 Å². The monoisotopic (exact) mass is 276 g/mol. The Hall–Kier alpha value is -1.36. The number of thiazole rings is 1. The Bertz CT molecular complexity index is 485. The van der Waals surface area contributed by atoms with Crippen LogP contribution >= 0.6 is 11.3 Å². The number of nitrogens with one attached hydrogen (secondary N) is 1. The van der Waals surface area contributed by atoms with Crippen molar-refractivity contribution in [2.75, 3.05) is 11.9 Å². The minimum absolute atomic E-state index is 0.637. The molecule has 0 radical (unpaired) electrons. The van der Waals surface area contributed by atoms with Crippen molar-refractivity contribution in [1.82, 2.24) is 14.5 Å². The molecule has 0 bridgehead atoms. The molecular formula is C14H20N4S. The van der Waals surface area contributed by atoms with E-state index in [1.54, 1.807) is 11.3 Å². The summed E-state index contributed by atoms with van der Waals surface area (Å²) in [4.78, 5) is 8.74.